The maximum atomic E-state index is 13.1. The molecule has 0 aliphatic carbocycles. The standard InChI is InChI=1S/C12H11ClFN3O/c1-7-8(6-15)4-12(18)17(16-7)9-2-3-11(14)10(13)5-9/h2-5H,6,15H2,1H3. The molecule has 0 amide bonds. The molecule has 0 atom stereocenters. The van der Waals surface area contributed by atoms with Gasteiger partial charge in [0.15, 0.2) is 0 Å². The van der Waals surface area contributed by atoms with Gasteiger partial charge in [-0.15, -0.1) is 0 Å². The normalized spacial score (nSPS) is 10.7. The van der Waals surface area contributed by atoms with E-state index in [1.54, 1.807) is 6.92 Å². The first-order valence-corrected chi connectivity index (χ1v) is 5.66. The monoisotopic (exact) mass is 267 g/mol. The van der Waals surface area contributed by atoms with Crippen LogP contribution in [0.4, 0.5) is 4.39 Å². The average molecular weight is 268 g/mol. The molecule has 2 aromatic rings. The van der Waals surface area contributed by atoms with Gasteiger partial charge in [0.1, 0.15) is 5.82 Å². The van der Waals surface area contributed by atoms with Gasteiger partial charge in [-0.2, -0.15) is 9.78 Å². The van der Waals surface area contributed by atoms with Crippen LogP contribution < -0.4 is 11.3 Å². The minimum Gasteiger partial charge on any atom is -0.326 e. The third-order valence-corrected chi connectivity index (χ3v) is 2.88. The minimum absolute atomic E-state index is 0.0539. The second kappa shape index (κ2) is 4.88. The highest BCUT2D eigenvalue weighted by Gasteiger charge is 2.08. The molecule has 1 heterocycles. The van der Waals surface area contributed by atoms with Gasteiger partial charge in [-0.25, -0.2) is 4.39 Å². The van der Waals surface area contributed by atoms with Crippen LogP contribution in [0.3, 0.4) is 0 Å². The Hall–Kier alpha value is -1.72. The molecule has 0 unspecified atom stereocenters. The largest absolute Gasteiger partial charge is 0.326 e. The zero-order valence-corrected chi connectivity index (χ0v) is 10.4. The van der Waals surface area contributed by atoms with Crippen molar-refractivity contribution in [2.24, 2.45) is 5.73 Å². The number of aryl methyl sites for hydroxylation is 1. The third kappa shape index (κ3) is 2.27. The van der Waals surface area contributed by atoms with Crippen LogP contribution in [0, 0.1) is 12.7 Å². The molecule has 0 saturated carbocycles. The molecular weight excluding hydrogens is 257 g/mol. The first-order valence-electron chi connectivity index (χ1n) is 5.28. The average Bonchev–Trinajstić information content (AvgIpc) is 2.35. The lowest BCUT2D eigenvalue weighted by molar-refractivity contribution is 0.627. The van der Waals surface area contributed by atoms with E-state index in [9.17, 15) is 9.18 Å². The predicted octanol–water partition coefficient (Wildman–Crippen LogP) is 1.79. The van der Waals surface area contributed by atoms with Crippen LogP contribution in [0.5, 0.6) is 0 Å². The molecule has 18 heavy (non-hydrogen) atoms. The Kier molecular flexibility index (Phi) is 3.45. The van der Waals surface area contributed by atoms with Gasteiger partial charge in [0.25, 0.3) is 5.56 Å². The molecule has 1 aromatic carbocycles. The number of hydrogen-bond donors (Lipinski definition) is 1. The van der Waals surface area contributed by atoms with Crippen molar-refractivity contribution in [1.29, 1.82) is 0 Å². The van der Waals surface area contributed by atoms with E-state index in [4.69, 9.17) is 17.3 Å². The van der Waals surface area contributed by atoms with Crippen molar-refractivity contribution in [1.82, 2.24) is 9.78 Å². The Balaban J connectivity index is 2.61. The number of nitrogens with zero attached hydrogens (tertiary/aromatic N) is 2. The van der Waals surface area contributed by atoms with Gasteiger partial charge in [-0.1, -0.05) is 11.6 Å². The molecule has 0 aliphatic rings. The van der Waals surface area contributed by atoms with Gasteiger partial charge in [-0.3, -0.25) is 4.79 Å². The maximum absolute atomic E-state index is 13.1. The lowest BCUT2D eigenvalue weighted by Gasteiger charge is -2.08. The molecule has 0 bridgehead atoms. The maximum Gasteiger partial charge on any atom is 0.271 e. The molecule has 6 heteroatoms. The van der Waals surface area contributed by atoms with Crippen molar-refractivity contribution in [3.05, 3.63) is 56.7 Å². The Bertz CT molecular complexity index is 654. The van der Waals surface area contributed by atoms with Crippen molar-refractivity contribution in [2.75, 3.05) is 0 Å². The Morgan fingerprint density at radius 1 is 1.44 bits per heavy atom. The van der Waals surface area contributed by atoms with Crippen LogP contribution in [0.1, 0.15) is 11.3 Å². The summed E-state index contributed by atoms with van der Waals surface area (Å²) in [5, 5.41) is 4.07. The summed E-state index contributed by atoms with van der Waals surface area (Å²) in [4.78, 5) is 11.9. The van der Waals surface area contributed by atoms with E-state index in [2.05, 4.69) is 5.10 Å². The van der Waals surface area contributed by atoms with Gasteiger partial charge in [0.2, 0.25) is 0 Å². The summed E-state index contributed by atoms with van der Waals surface area (Å²) in [5.41, 5.74) is 6.91. The summed E-state index contributed by atoms with van der Waals surface area (Å²) in [6.45, 7) is 2.00. The van der Waals surface area contributed by atoms with E-state index in [1.807, 2.05) is 0 Å². The summed E-state index contributed by atoms with van der Waals surface area (Å²) in [6, 6.07) is 5.40. The molecule has 0 aliphatic heterocycles. The molecule has 1 aromatic heterocycles. The summed E-state index contributed by atoms with van der Waals surface area (Å²) in [7, 11) is 0. The summed E-state index contributed by atoms with van der Waals surface area (Å²) in [6.07, 6.45) is 0. The first-order chi connectivity index (χ1) is 8.52. The summed E-state index contributed by atoms with van der Waals surface area (Å²) < 4.78 is 14.2. The van der Waals surface area contributed by atoms with E-state index < -0.39 is 5.82 Å². The molecule has 0 fully saturated rings. The zero-order chi connectivity index (χ0) is 13.3. The van der Waals surface area contributed by atoms with Crippen molar-refractivity contribution in [3.63, 3.8) is 0 Å². The van der Waals surface area contributed by atoms with E-state index >= 15 is 0 Å². The minimum atomic E-state index is -0.538. The highest BCUT2D eigenvalue weighted by atomic mass is 35.5. The van der Waals surface area contributed by atoms with Crippen molar-refractivity contribution in [3.8, 4) is 5.69 Å². The summed E-state index contributed by atoms with van der Waals surface area (Å²) in [5.74, 6) is -0.538. The van der Waals surface area contributed by atoms with E-state index in [0.717, 1.165) is 0 Å². The molecule has 0 saturated heterocycles. The van der Waals surface area contributed by atoms with Crippen molar-refractivity contribution in [2.45, 2.75) is 13.5 Å². The number of hydrogen-bond acceptors (Lipinski definition) is 3. The van der Waals surface area contributed by atoms with Crippen LogP contribution in [0.2, 0.25) is 5.02 Å². The van der Waals surface area contributed by atoms with Gasteiger partial charge < -0.3 is 5.73 Å². The van der Waals surface area contributed by atoms with Crippen molar-refractivity contribution >= 4 is 11.6 Å². The van der Waals surface area contributed by atoms with Gasteiger partial charge in [-0.05, 0) is 30.7 Å². The zero-order valence-electron chi connectivity index (χ0n) is 9.65. The third-order valence-electron chi connectivity index (χ3n) is 2.59. The number of benzene rings is 1. The second-order valence-electron chi connectivity index (χ2n) is 3.81. The number of rotatable bonds is 2. The SMILES string of the molecule is Cc1nn(-c2ccc(F)c(Cl)c2)c(=O)cc1CN. The molecule has 0 radical (unpaired) electrons. The molecule has 0 spiro atoms. The number of halogens is 2. The second-order valence-corrected chi connectivity index (χ2v) is 4.21. The lowest BCUT2D eigenvalue weighted by Crippen LogP contribution is -2.23. The topological polar surface area (TPSA) is 60.9 Å². The van der Waals surface area contributed by atoms with Crippen LogP contribution >= 0.6 is 11.6 Å². The van der Waals surface area contributed by atoms with E-state index in [-0.39, 0.29) is 17.1 Å². The van der Waals surface area contributed by atoms with Gasteiger partial charge in [0, 0.05) is 12.6 Å². The molecule has 94 valence electrons. The van der Waals surface area contributed by atoms with Gasteiger partial charge >= 0.3 is 0 Å². The lowest BCUT2D eigenvalue weighted by atomic mass is 10.2. The fourth-order valence-corrected chi connectivity index (χ4v) is 1.76. The molecular formula is C12H11ClFN3O. The predicted molar refractivity (Wildman–Crippen MR) is 67.4 cm³/mol. The van der Waals surface area contributed by atoms with Gasteiger partial charge in [0.05, 0.1) is 16.4 Å². The molecule has 2 rings (SSSR count). The Morgan fingerprint density at radius 2 is 2.17 bits per heavy atom. The van der Waals surface area contributed by atoms with Crippen LogP contribution in [-0.2, 0) is 6.54 Å². The fourth-order valence-electron chi connectivity index (χ4n) is 1.59. The van der Waals surface area contributed by atoms with E-state index in [0.29, 0.717) is 16.9 Å². The summed E-state index contributed by atoms with van der Waals surface area (Å²) >= 11 is 5.68. The first kappa shape index (κ1) is 12.7. The highest BCUT2D eigenvalue weighted by molar-refractivity contribution is 6.30. The van der Waals surface area contributed by atoms with Crippen LogP contribution in [0.25, 0.3) is 5.69 Å². The van der Waals surface area contributed by atoms with E-state index in [1.165, 1.54) is 28.9 Å². The number of aromatic nitrogens is 2. The Morgan fingerprint density at radius 3 is 2.78 bits per heavy atom. The molecule has 2 N–H and O–H groups in total. The van der Waals surface area contributed by atoms with Crippen LogP contribution in [0.15, 0.2) is 29.1 Å². The highest BCUT2D eigenvalue weighted by Crippen LogP contribution is 2.17. The smallest absolute Gasteiger partial charge is 0.271 e. The van der Waals surface area contributed by atoms with Crippen molar-refractivity contribution < 1.29 is 4.39 Å². The number of nitrogens with two attached hydrogens (primary N) is 1. The van der Waals surface area contributed by atoms with Crippen LogP contribution in [-0.4, -0.2) is 9.78 Å². The Labute approximate surface area is 108 Å². The fraction of sp³-hybridized carbons (Fsp3) is 0.167. The molecule has 4 nitrogen and oxygen atoms in total. The quantitative estimate of drug-likeness (QED) is 0.902.